The van der Waals surface area contributed by atoms with Crippen LogP contribution < -0.4 is 5.32 Å². The zero-order valence-electron chi connectivity index (χ0n) is 10.9. The Morgan fingerprint density at radius 3 is 2.47 bits per heavy atom. The van der Waals surface area contributed by atoms with Gasteiger partial charge in [-0.3, -0.25) is 9.59 Å². The van der Waals surface area contributed by atoms with Crippen LogP contribution in [0.5, 0.6) is 0 Å². The molecule has 0 aromatic carbocycles. The van der Waals surface area contributed by atoms with Crippen molar-refractivity contribution in [3.63, 3.8) is 0 Å². The second-order valence-electron chi connectivity index (χ2n) is 4.14. The van der Waals surface area contributed by atoms with Crippen LogP contribution in [0.4, 0.5) is 0 Å². The number of carbonyl (C=O) groups is 3. The molecule has 0 spiro atoms. The number of likely N-dealkylation sites (N-methyl/N-ethyl adjacent to an activating group) is 1. The molecule has 0 saturated heterocycles. The number of carboxylic acid groups (broad SMARTS) is 1. The van der Waals surface area contributed by atoms with Crippen molar-refractivity contribution in [2.75, 3.05) is 7.05 Å². The number of hydrogen-bond acceptors (Lipinski definition) is 4. The number of nitrogens with zero attached hydrogens (tertiary/aromatic N) is 1. The largest absolute Gasteiger partial charge is 0.480 e. The van der Waals surface area contributed by atoms with Gasteiger partial charge in [-0.2, -0.15) is 0 Å². The fourth-order valence-electron chi connectivity index (χ4n) is 1.40. The van der Waals surface area contributed by atoms with Gasteiger partial charge in [-0.05, 0) is 26.0 Å². The first-order chi connectivity index (χ1) is 8.84. The molecule has 0 aliphatic heterocycles. The summed E-state index contributed by atoms with van der Waals surface area (Å²) in [5, 5.41) is 11.3. The average molecular weight is 268 g/mol. The van der Waals surface area contributed by atoms with E-state index in [4.69, 9.17) is 9.52 Å². The van der Waals surface area contributed by atoms with E-state index in [0.29, 0.717) is 0 Å². The highest BCUT2D eigenvalue weighted by Crippen LogP contribution is 2.03. The predicted octanol–water partition coefficient (Wildman–Crippen LogP) is 0.329. The molecule has 0 radical (unpaired) electrons. The maximum Gasteiger partial charge on any atom is 0.326 e. The van der Waals surface area contributed by atoms with E-state index in [1.54, 1.807) is 6.07 Å². The van der Waals surface area contributed by atoms with Crippen molar-refractivity contribution in [2.45, 2.75) is 25.9 Å². The molecule has 104 valence electrons. The molecule has 0 bridgehead atoms. The van der Waals surface area contributed by atoms with E-state index in [2.05, 4.69) is 5.32 Å². The Morgan fingerprint density at radius 2 is 2.00 bits per heavy atom. The highest BCUT2D eigenvalue weighted by molar-refractivity contribution is 5.96. The number of aliphatic carboxylic acids is 1. The lowest BCUT2D eigenvalue weighted by molar-refractivity contribution is -0.148. The van der Waals surface area contributed by atoms with Gasteiger partial charge >= 0.3 is 5.97 Å². The Hall–Kier alpha value is -2.31. The molecule has 7 heteroatoms. The first-order valence-corrected chi connectivity index (χ1v) is 5.68. The third kappa shape index (κ3) is 3.57. The summed E-state index contributed by atoms with van der Waals surface area (Å²) in [5.41, 5.74) is 0. The molecule has 2 atom stereocenters. The zero-order chi connectivity index (χ0) is 14.6. The molecule has 0 aliphatic carbocycles. The molecule has 2 N–H and O–H groups in total. The summed E-state index contributed by atoms with van der Waals surface area (Å²) in [6.07, 6.45) is 1.35. The summed E-state index contributed by atoms with van der Waals surface area (Å²) < 4.78 is 4.89. The van der Waals surface area contributed by atoms with Gasteiger partial charge in [0, 0.05) is 7.05 Å². The van der Waals surface area contributed by atoms with Crippen LogP contribution in [-0.4, -0.2) is 46.9 Å². The third-order valence-corrected chi connectivity index (χ3v) is 2.75. The van der Waals surface area contributed by atoms with E-state index in [0.717, 1.165) is 4.90 Å². The molecule has 0 aliphatic rings. The maximum absolute atomic E-state index is 11.9. The highest BCUT2D eigenvalue weighted by Gasteiger charge is 2.27. The molecular weight excluding hydrogens is 252 g/mol. The molecular formula is C12H16N2O5. The Kier molecular flexibility index (Phi) is 4.68. The standard InChI is InChI=1S/C12H16N2O5/c1-7(11(16)14(3)8(2)12(17)18)13-10(15)9-5-4-6-19-9/h4-8H,1-3H3,(H,13,15)(H,17,18). The summed E-state index contributed by atoms with van der Waals surface area (Å²) >= 11 is 0. The SMILES string of the molecule is CC(NC(=O)c1ccco1)C(=O)N(C)C(C)C(=O)O. The molecule has 2 amide bonds. The van der Waals surface area contributed by atoms with Crippen molar-refractivity contribution in [3.8, 4) is 0 Å². The highest BCUT2D eigenvalue weighted by atomic mass is 16.4. The van der Waals surface area contributed by atoms with E-state index in [-0.39, 0.29) is 5.76 Å². The number of carboxylic acids is 1. The normalized spacial score (nSPS) is 13.4. The maximum atomic E-state index is 11.9. The molecule has 7 nitrogen and oxygen atoms in total. The lowest BCUT2D eigenvalue weighted by atomic mass is 10.2. The van der Waals surface area contributed by atoms with Gasteiger partial charge in [0.1, 0.15) is 12.1 Å². The number of rotatable bonds is 5. The van der Waals surface area contributed by atoms with Crippen LogP contribution in [-0.2, 0) is 9.59 Å². The Morgan fingerprint density at radius 1 is 1.37 bits per heavy atom. The van der Waals surface area contributed by atoms with E-state index < -0.39 is 29.9 Å². The van der Waals surface area contributed by atoms with Crippen molar-refractivity contribution in [1.82, 2.24) is 10.2 Å². The van der Waals surface area contributed by atoms with Crippen molar-refractivity contribution in [2.24, 2.45) is 0 Å². The fraction of sp³-hybridized carbons (Fsp3) is 0.417. The molecule has 19 heavy (non-hydrogen) atoms. The van der Waals surface area contributed by atoms with E-state index in [1.807, 2.05) is 0 Å². The van der Waals surface area contributed by atoms with Crippen LogP contribution >= 0.6 is 0 Å². The van der Waals surface area contributed by atoms with Crippen molar-refractivity contribution >= 4 is 17.8 Å². The molecule has 0 fully saturated rings. The van der Waals surface area contributed by atoms with Gasteiger partial charge in [-0.15, -0.1) is 0 Å². The number of furan rings is 1. The lowest BCUT2D eigenvalue weighted by Crippen LogP contribution is -2.50. The van der Waals surface area contributed by atoms with Gasteiger partial charge in [-0.1, -0.05) is 0 Å². The topological polar surface area (TPSA) is 99.9 Å². The minimum Gasteiger partial charge on any atom is -0.480 e. The monoisotopic (exact) mass is 268 g/mol. The number of nitrogens with one attached hydrogen (secondary N) is 1. The van der Waals surface area contributed by atoms with Gasteiger partial charge in [-0.25, -0.2) is 4.79 Å². The first-order valence-electron chi connectivity index (χ1n) is 5.68. The van der Waals surface area contributed by atoms with Gasteiger partial charge in [0.15, 0.2) is 5.76 Å². The van der Waals surface area contributed by atoms with Crippen molar-refractivity contribution < 1.29 is 23.9 Å². The van der Waals surface area contributed by atoms with Crippen LogP contribution in [0, 0.1) is 0 Å². The van der Waals surface area contributed by atoms with Crippen LogP contribution in [0.1, 0.15) is 24.4 Å². The Balaban J connectivity index is 2.63. The van der Waals surface area contributed by atoms with Crippen LogP contribution in [0.3, 0.4) is 0 Å². The molecule has 1 aromatic heterocycles. The minimum atomic E-state index is -1.11. The number of carbonyl (C=O) groups excluding carboxylic acids is 2. The quantitative estimate of drug-likeness (QED) is 0.801. The molecule has 2 unspecified atom stereocenters. The average Bonchev–Trinajstić information content (AvgIpc) is 2.89. The van der Waals surface area contributed by atoms with Gasteiger partial charge in [0.05, 0.1) is 6.26 Å². The Bertz CT molecular complexity index is 468. The van der Waals surface area contributed by atoms with Crippen LogP contribution in [0.15, 0.2) is 22.8 Å². The van der Waals surface area contributed by atoms with Crippen LogP contribution in [0.25, 0.3) is 0 Å². The van der Waals surface area contributed by atoms with E-state index >= 15 is 0 Å². The van der Waals surface area contributed by atoms with Gasteiger partial charge in [0.2, 0.25) is 5.91 Å². The smallest absolute Gasteiger partial charge is 0.326 e. The molecule has 1 heterocycles. The van der Waals surface area contributed by atoms with Gasteiger partial charge in [0.25, 0.3) is 5.91 Å². The summed E-state index contributed by atoms with van der Waals surface area (Å²) in [5.74, 6) is -2.04. The summed E-state index contributed by atoms with van der Waals surface area (Å²) in [4.78, 5) is 35.4. The second-order valence-corrected chi connectivity index (χ2v) is 4.14. The Labute approximate surface area is 110 Å². The molecule has 1 aromatic rings. The minimum absolute atomic E-state index is 0.0913. The van der Waals surface area contributed by atoms with Crippen molar-refractivity contribution in [1.29, 1.82) is 0 Å². The number of amides is 2. The summed E-state index contributed by atoms with van der Waals surface area (Å²) in [7, 11) is 1.37. The van der Waals surface area contributed by atoms with Crippen LogP contribution in [0.2, 0.25) is 0 Å². The fourth-order valence-corrected chi connectivity index (χ4v) is 1.40. The van der Waals surface area contributed by atoms with Crippen molar-refractivity contribution in [3.05, 3.63) is 24.2 Å². The first kappa shape index (κ1) is 14.7. The molecule has 1 rings (SSSR count). The number of hydrogen-bond donors (Lipinski definition) is 2. The summed E-state index contributed by atoms with van der Waals surface area (Å²) in [6.45, 7) is 2.87. The lowest BCUT2D eigenvalue weighted by Gasteiger charge is -2.25. The zero-order valence-corrected chi connectivity index (χ0v) is 10.9. The van der Waals surface area contributed by atoms with Gasteiger partial charge < -0.3 is 19.7 Å². The molecule has 0 saturated carbocycles. The second kappa shape index (κ2) is 6.03. The third-order valence-electron chi connectivity index (χ3n) is 2.75. The van der Waals surface area contributed by atoms with E-state index in [1.165, 1.54) is 33.2 Å². The summed E-state index contributed by atoms with van der Waals surface area (Å²) in [6, 6.07) is 1.22. The van der Waals surface area contributed by atoms with E-state index in [9.17, 15) is 14.4 Å². The predicted molar refractivity (Wildman–Crippen MR) is 65.5 cm³/mol.